The summed E-state index contributed by atoms with van der Waals surface area (Å²) in [5, 5.41) is 0. The SMILES string of the molecule is CC[CH](C)[Pt]([CH](C)CC)[CH](C)CC. The van der Waals surface area contributed by atoms with Crippen LogP contribution in [-0.2, 0) is 17.3 Å². The van der Waals surface area contributed by atoms with Crippen LogP contribution in [0.25, 0.3) is 0 Å². The summed E-state index contributed by atoms with van der Waals surface area (Å²) in [6.07, 6.45) is 4.21. The molecule has 0 saturated heterocycles. The molecule has 0 aliphatic rings. The predicted molar refractivity (Wildman–Crippen MR) is 59.1 cm³/mol. The van der Waals surface area contributed by atoms with Gasteiger partial charge < -0.3 is 0 Å². The maximum atomic E-state index is 2.49. The Labute approximate surface area is 91.1 Å². The molecule has 0 aromatic rings. The van der Waals surface area contributed by atoms with Gasteiger partial charge in [0.05, 0.1) is 0 Å². The maximum absolute atomic E-state index is 2.49. The van der Waals surface area contributed by atoms with Gasteiger partial charge in [0.1, 0.15) is 0 Å². The number of hydrogen-bond donors (Lipinski definition) is 0. The van der Waals surface area contributed by atoms with E-state index in [-0.39, 0.29) is 0 Å². The van der Waals surface area contributed by atoms with E-state index in [9.17, 15) is 0 Å². The normalized spacial score (nSPS) is 19.4. The Morgan fingerprint density at radius 2 is 0.923 bits per heavy atom. The van der Waals surface area contributed by atoms with Crippen molar-refractivity contribution in [3.63, 3.8) is 0 Å². The van der Waals surface area contributed by atoms with E-state index in [2.05, 4.69) is 41.5 Å². The van der Waals surface area contributed by atoms with Crippen LogP contribution in [-0.4, -0.2) is 0 Å². The molecular formula is C12H27Pt. The minimum atomic E-state index is -0.709. The zero-order valence-electron chi connectivity index (χ0n) is 10.2. The van der Waals surface area contributed by atoms with Crippen LogP contribution in [0.3, 0.4) is 0 Å². The molecule has 0 aliphatic carbocycles. The van der Waals surface area contributed by atoms with Crippen molar-refractivity contribution in [2.24, 2.45) is 0 Å². The Morgan fingerprint density at radius 1 is 0.692 bits per heavy atom. The van der Waals surface area contributed by atoms with E-state index < -0.39 is 17.3 Å². The van der Waals surface area contributed by atoms with Crippen LogP contribution < -0.4 is 0 Å². The fourth-order valence-corrected chi connectivity index (χ4v) is 11.2. The van der Waals surface area contributed by atoms with Gasteiger partial charge in [-0.15, -0.1) is 0 Å². The van der Waals surface area contributed by atoms with E-state index in [1.807, 2.05) is 0 Å². The molecule has 0 amide bonds. The second kappa shape index (κ2) is 7.04. The molecule has 85 valence electrons. The topological polar surface area (TPSA) is 0 Å². The summed E-state index contributed by atoms with van der Waals surface area (Å²) in [6.45, 7) is 14.6. The van der Waals surface area contributed by atoms with Crippen LogP contribution in [0.1, 0.15) is 60.8 Å². The Balaban J connectivity index is 4.34. The number of hydrogen-bond acceptors (Lipinski definition) is 0. The quantitative estimate of drug-likeness (QED) is 0.602. The molecule has 13 heavy (non-hydrogen) atoms. The van der Waals surface area contributed by atoms with E-state index in [4.69, 9.17) is 0 Å². The molecule has 3 atom stereocenters. The van der Waals surface area contributed by atoms with Crippen LogP contribution in [0.5, 0.6) is 0 Å². The van der Waals surface area contributed by atoms with E-state index >= 15 is 0 Å². The summed E-state index contributed by atoms with van der Waals surface area (Å²) >= 11 is -0.709. The first-order chi connectivity index (χ1) is 6.08. The molecule has 0 radical (unpaired) electrons. The van der Waals surface area contributed by atoms with Gasteiger partial charge >= 0.3 is 91.0 Å². The van der Waals surface area contributed by atoms with E-state index in [0.717, 1.165) is 12.9 Å². The fraction of sp³-hybridized carbons (Fsp3) is 1.00. The Bertz CT molecular complexity index is 98.5. The molecule has 0 fully saturated rings. The van der Waals surface area contributed by atoms with Crippen molar-refractivity contribution in [3.8, 4) is 0 Å². The van der Waals surface area contributed by atoms with E-state index in [0.29, 0.717) is 0 Å². The van der Waals surface area contributed by atoms with Gasteiger partial charge in [-0.25, -0.2) is 0 Å². The van der Waals surface area contributed by atoms with Crippen molar-refractivity contribution >= 4 is 0 Å². The van der Waals surface area contributed by atoms with Gasteiger partial charge in [-0.2, -0.15) is 0 Å². The summed E-state index contributed by atoms with van der Waals surface area (Å²) in [5.41, 5.74) is 0. The molecule has 3 unspecified atom stereocenters. The summed E-state index contributed by atoms with van der Waals surface area (Å²) in [6, 6.07) is 0. The molecule has 0 heterocycles. The third-order valence-corrected chi connectivity index (χ3v) is 13.2. The van der Waals surface area contributed by atoms with Gasteiger partial charge in [0, 0.05) is 0 Å². The number of rotatable bonds is 6. The van der Waals surface area contributed by atoms with Crippen molar-refractivity contribution < 1.29 is 17.3 Å². The first-order valence-electron chi connectivity index (χ1n) is 5.63. The molecule has 0 N–H and O–H groups in total. The molecule has 0 aromatic carbocycles. The molecule has 0 aliphatic heterocycles. The molecule has 0 saturated carbocycles. The molecule has 0 rings (SSSR count). The van der Waals surface area contributed by atoms with Gasteiger partial charge in [0.15, 0.2) is 0 Å². The fourth-order valence-electron chi connectivity index (χ4n) is 1.37. The Hall–Kier alpha value is 0.688. The third kappa shape index (κ3) is 4.15. The van der Waals surface area contributed by atoms with Gasteiger partial charge in [-0.3, -0.25) is 0 Å². The third-order valence-electron chi connectivity index (χ3n) is 2.69. The van der Waals surface area contributed by atoms with Crippen molar-refractivity contribution in [2.75, 3.05) is 0 Å². The van der Waals surface area contributed by atoms with Crippen molar-refractivity contribution in [2.45, 2.75) is 73.7 Å². The average molecular weight is 366 g/mol. The zero-order valence-corrected chi connectivity index (χ0v) is 12.4. The van der Waals surface area contributed by atoms with Crippen molar-refractivity contribution in [3.05, 3.63) is 0 Å². The summed E-state index contributed by atoms with van der Waals surface area (Å²) < 4.78 is 3.15. The zero-order chi connectivity index (χ0) is 10.4. The standard InChI is InChI=1S/3C4H9.Pt/c3*1-3-4-2;/h3*3H,4H2,1-2H3;. The molecule has 1 heteroatoms. The van der Waals surface area contributed by atoms with Crippen LogP contribution in [0.15, 0.2) is 0 Å². The minimum absolute atomic E-state index is 0.709. The van der Waals surface area contributed by atoms with Crippen LogP contribution in [0.2, 0.25) is 12.9 Å². The van der Waals surface area contributed by atoms with Gasteiger partial charge in [0.25, 0.3) is 0 Å². The monoisotopic (exact) mass is 366 g/mol. The molecule has 0 aromatic heterocycles. The summed E-state index contributed by atoms with van der Waals surface area (Å²) in [7, 11) is 0. The van der Waals surface area contributed by atoms with Gasteiger partial charge in [-0.1, -0.05) is 0 Å². The first kappa shape index (κ1) is 13.7. The van der Waals surface area contributed by atoms with Crippen LogP contribution in [0.4, 0.5) is 0 Å². The van der Waals surface area contributed by atoms with Crippen molar-refractivity contribution in [1.29, 1.82) is 0 Å². The van der Waals surface area contributed by atoms with Crippen LogP contribution in [0, 0.1) is 0 Å². The molecule has 0 nitrogen and oxygen atoms in total. The second-order valence-corrected chi connectivity index (χ2v) is 12.7. The van der Waals surface area contributed by atoms with Gasteiger partial charge in [-0.05, 0) is 0 Å². The Morgan fingerprint density at radius 3 is 1.08 bits per heavy atom. The molecule has 0 spiro atoms. The van der Waals surface area contributed by atoms with Crippen molar-refractivity contribution in [1.82, 2.24) is 0 Å². The first-order valence-corrected chi connectivity index (χ1v) is 9.56. The summed E-state index contributed by atoms with van der Waals surface area (Å²) in [5.74, 6) is 0. The Kier molecular flexibility index (Phi) is 7.42. The average Bonchev–Trinajstić information content (AvgIpc) is 2.16. The van der Waals surface area contributed by atoms with Crippen LogP contribution >= 0.6 is 0 Å². The molecular weight excluding hydrogens is 339 g/mol. The van der Waals surface area contributed by atoms with Gasteiger partial charge in [0.2, 0.25) is 0 Å². The molecule has 0 bridgehead atoms. The van der Waals surface area contributed by atoms with E-state index in [1.165, 1.54) is 19.3 Å². The predicted octanol–water partition coefficient (Wildman–Crippen LogP) is 5.26. The van der Waals surface area contributed by atoms with E-state index in [1.54, 1.807) is 0 Å². The summed E-state index contributed by atoms with van der Waals surface area (Å²) in [4.78, 5) is 0. The second-order valence-electron chi connectivity index (χ2n) is 3.70.